The molecule has 0 fully saturated rings. The summed E-state index contributed by atoms with van der Waals surface area (Å²) in [5, 5.41) is 3.24. The highest BCUT2D eigenvalue weighted by Gasteiger charge is 2.14. The third-order valence-electron chi connectivity index (χ3n) is 4.10. The number of halogens is 1. The van der Waals surface area contributed by atoms with Gasteiger partial charge in [-0.15, -0.1) is 0 Å². The number of rotatable bonds is 7. The van der Waals surface area contributed by atoms with E-state index in [1.165, 1.54) is 11.1 Å². The summed E-state index contributed by atoms with van der Waals surface area (Å²) in [6, 6.07) is 16.7. The summed E-state index contributed by atoms with van der Waals surface area (Å²) in [5.74, 6) is 1.66. The van der Waals surface area contributed by atoms with Crippen molar-refractivity contribution in [3.8, 4) is 5.75 Å². The minimum Gasteiger partial charge on any atom is -0.494 e. The maximum atomic E-state index is 6.05. The van der Waals surface area contributed by atoms with Gasteiger partial charge in [0, 0.05) is 17.5 Å². The summed E-state index contributed by atoms with van der Waals surface area (Å²) in [7, 11) is 0. The molecule has 0 bridgehead atoms. The fourth-order valence-corrected chi connectivity index (χ4v) is 2.81. The average molecular weight is 358 g/mol. The van der Waals surface area contributed by atoms with Crippen LogP contribution in [0.5, 0.6) is 5.75 Å². The summed E-state index contributed by atoms with van der Waals surface area (Å²) in [6.07, 6.45) is 3.15. The number of hydrogen-bond acceptors (Lipinski definition) is 4. The normalized spacial score (nSPS) is 13.7. The zero-order chi connectivity index (χ0) is 17.5. The Morgan fingerprint density at radius 3 is 2.36 bits per heavy atom. The van der Waals surface area contributed by atoms with Gasteiger partial charge in [0.05, 0.1) is 19.7 Å². The van der Waals surface area contributed by atoms with Gasteiger partial charge in [-0.2, -0.15) is 0 Å². The van der Waals surface area contributed by atoms with Crippen LogP contribution in [0.25, 0.3) is 0 Å². The lowest BCUT2D eigenvalue weighted by atomic mass is 10.0. The fraction of sp³-hybridized carbons (Fsp3) is 0.350. The Balaban J connectivity index is 1.54. The van der Waals surface area contributed by atoms with Crippen molar-refractivity contribution in [1.82, 2.24) is 4.42 Å². The number of ether oxygens (including phenoxy) is 1. The largest absolute Gasteiger partial charge is 0.494 e. The molecule has 2 aromatic carbocycles. The molecule has 2 aromatic rings. The molecule has 1 aliphatic heterocycles. The van der Waals surface area contributed by atoms with Crippen LogP contribution in [0.2, 0.25) is 0 Å². The molecule has 0 radical (unpaired) electrons. The summed E-state index contributed by atoms with van der Waals surface area (Å²) in [4.78, 5) is 4.32. The number of aliphatic imine (C=N–C) groups is 1. The van der Waals surface area contributed by atoms with Crippen molar-refractivity contribution in [3.05, 3.63) is 59.7 Å². The fourth-order valence-electron chi connectivity index (χ4n) is 2.64. The molecule has 0 aliphatic carbocycles. The first kappa shape index (κ1) is 17.6. The van der Waals surface area contributed by atoms with Gasteiger partial charge in [-0.25, -0.2) is 4.99 Å². The second-order valence-electron chi connectivity index (χ2n) is 6.14. The molecule has 0 saturated carbocycles. The molecule has 0 unspecified atom stereocenters. The molecule has 1 N–H and O–H groups in total. The number of anilines is 1. The molecule has 0 amide bonds. The van der Waals surface area contributed by atoms with Crippen molar-refractivity contribution in [2.75, 3.05) is 25.0 Å². The maximum Gasteiger partial charge on any atom is 0.213 e. The summed E-state index contributed by atoms with van der Waals surface area (Å²) >= 11 is 6.05. The number of nitrogens with zero attached hydrogens (tertiary/aromatic N) is 2. The van der Waals surface area contributed by atoms with E-state index in [-0.39, 0.29) is 0 Å². The second kappa shape index (κ2) is 8.77. The topological polar surface area (TPSA) is 36.9 Å². The third kappa shape index (κ3) is 5.13. The minimum atomic E-state index is 0.716. The predicted molar refractivity (Wildman–Crippen MR) is 105 cm³/mol. The van der Waals surface area contributed by atoms with Gasteiger partial charge in [0.25, 0.3) is 0 Å². The van der Waals surface area contributed by atoms with E-state index < -0.39 is 0 Å². The molecule has 1 aliphatic rings. The van der Waals surface area contributed by atoms with Crippen LogP contribution in [-0.2, 0) is 6.42 Å². The molecule has 25 heavy (non-hydrogen) atoms. The second-order valence-corrected chi connectivity index (χ2v) is 6.54. The smallest absolute Gasteiger partial charge is 0.213 e. The van der Waals surface area contributed by atoms with Crippen LogP contribution in [0.4, 0.5) is 5.69 Å². The lowest BCUT2D eigenvalue weighted by molar-refractivity contribution is 0.309. The van der Waals surface area contributed by atoms with E-state index in [0.29, 0.717) is 5.96 Å². The molecule has 0 saturated heterocycles. The highest BCUT2D eigenvalue weighted by atomic mass is 35.5. The Bertz CT molecular complexity index is 698. The monoisotopic (exact) mass is 357 g/mol. The number of hydrogen-bond donors (Lipinski definition) is 1. The molecule has 132 valence electrons. The first-order valence-electron chi connectivity index (χ1n) is 8.80. The van der Waals surface area contributed by atoms with E-state index in [0.717, 1.165) is 50.4 Å². The first-order valence-corrected chi connectivity index (χ1v) is 9.14. The Kier molecular flexibility index (Phi) is 6.18. The average Bonchev–Trinajstić information content (AvgIpc) is 3.03. The van der Waals surface area contributed by atoms with Crippen LogP contribution < -0.4 is 10.1 Å². The highest BCUT2D eigenvalue weighted by molar-refractivity contribution is 6.24. The Labute approximate surface area is 154 Å². The van der Waals surface area contributed by atoms with Gasteiger partial charge in [-0.3, -0.25) is 4.42 Å². The molecular formula is C20H24ClN3O. The van der Waals surface area contributed by atoms with E-state index in [4.69, 9.17) is 16.5 Å². The van der Waals surface area contributed by atoms with E-state index in [1.54, 1.807) is 4.42 Å². The van der Waals surface area contributed by atoms with Crippen LogP contribution in [0.15, 0.2) is 53.5 Å². The van der Waals surface area contributed by atoms with Crippen molar-refractivity contribution < 1.29 is 4.74 Å². The van der Waals surface area contributed by atoms with E-state index in [2.05, 4.69) is 53.6 Å². The SMILES string of the molecule is CCCCOc1ccc(Cc2ccc(NC3=NCCN3Cl)cc2)cc1. The van der Waals surface area contributed by atoms with E-state index >= 15 is 0 Å². The lowest BCUT2D eigenvalue weighted by Crippen LogP contribution is -2.24. The Hall–Kier alpha value is -2.20. The van der Waals surface area contributed by atoms with Gasteiger partial charge in [0.15, 0.2) is 0 Å². The van der Waals surface area contributed by atoms with Crippen molar-refractivity contribution in [3.63, 3.8) is 0 Å². The lowest BCUT2D eigenvalue weighted by Gasteiger charge is -2.12. The van der Waals surface area contributed by atoms with Crippen molar-refractivity contribution in [2.24, 2.45) is 4.99 Å². The number of nitrogens with one attached hydrogen (secondary N) is 1. The van der Waals surface area contributed by atoms with Crippen LogP contribution >= 0.6 is 11.8 Å². The van der Waals surface area contributed by atoms with Crippen molar-refractivity contribution in [1.29, 1.82) is 0 Å². The molecule has 3 rings (SSSR count). The van der Waals surface area contributed by atoms with Gasteiger partial charge >= 0.3 is 0 Å². The zero-order valence-electron chi connectivity index (χ0n) is 14.5. The predicted octanol–water partition coefficient (Wildman–Crippen LogP) is 4.69. The molecule has 4 nitrogen and oxygen atoms in total. The zero-order valence-corrected chi connectivity index (χ0v) is 15.3. The van der Waals surface area contributed by atoms with Crippen molar-refractivity contribution in [2.45, 2.75) is 26.2 Å². The van der Waals surface area contributed by atoms with Crippen LogP contribution in [-0.4, -0.2) is 30.1 Å². The third-order valence-corrected chi connectivity index (χ3v) is 4.43. The Morgan fingerprint density at radius 2 is 1.76 bits per heavy atom. The standard InChI is InChI=1S/C20H24ClN3O/c1-2-3-14-25-19-10-6-17(7-11-19)15-16-4-8-18(9-5-16)23-20-22-12-13-24(20)21/h4-11H,2-3,12-15H2,1H3,(H,22,23). The van der Waals surface area contributed by atoms with Gasteiger partial charge in [0.1, 0.15) is 5.75 Å². The summed E-state index contributed by atoms with van der Waals surface area (Å²) in [6.45, 7) is 4.44. The van der Waals surface area contributed by atoms with Gasteiger partial charge < -0.3 is 10.1 Å². The highest BCUT2D eigenvalue weighted by Crippen LogP contribution is 2.18. The first-order chi connectivity index (χ1) is 12.2. The number of benzene rings is 2. The van der Waals surface area contributed by atoms with Gasteiger partial charge in [0.2, 0.25) is 5.96 Å². The Morgan fingerprint density at radius 1 is 1.08 bits per heavy atom. The molecule has 5 heteroatoms. The molecule has 0 spiro atoms. The summed E-state index contributed by atoms with van der Waals surface area (Å²) < 4.78 is 7.31. The van der Waals surface area contributed by atoms with Crippen molar-refractivity contribution >= 4 is 23.4 Å². The van der Waals surface area contributed by atoms with E-state index in [9.17, 15) is 0 Å². The maximum absolute atomic E-state index is 6.05. The minimum absolute atomic E-state index is 0.716. The quantitative estimate of drug-likeness (QED) is 0.576. The van der Waals surface area contributed by atoms with Crippen LogP contribution in [0.1, 0.15) is 30.9 Å². The number of guanidine groups is 1. The number of unbranched alkanes of at least 4 members (excludes halogenated alkanes) is 1. The van der Waals surface area contributed by atoms with Gasteiger partial charge in [-0.05, 0) is 48.2 Å². The van der Waals surface area contributed by atoms with Gasteiger partial charge in [-0.1, -0.05) is 37.6 Å². The molecule has 0 aromatic heterocycles. The summed E-state index contributed by atoms with van der Waals surface area (Å²) in [5.41, 5.74) is 3.53. The molecular weight excluding hydrogens is 334 g/mol. The molecule has 1 heterocycles. The molecule has 0 atom stereocenters. The van der Waals surface area contributed by atoms with Crippen LogP contribution in [0.3, 0.4) is 0 Å². The van der Waals surface area contributed by atoms with E-state index in [1.807, 2.05) is 12.1 Å². The van der Waals surface area contributed by atoms with Crippen LogP contribution in [0, 0.1) is 0 Å².